The van der Waals surface area contributed by atoms with Crippen LogP contribution in [0.1, 0.15) is 18.9 Å². The standard InChI is InChI=1S/C10H14BrNO3S2/c1-7-5-8(16-9(7)11)17(14,15)12-4-3-10(2,13)6-12/h5,13H,3-4,6H2,1-2H3. The van der Waals surface area contributed by atoms with Crippen LogP contribution in [0.25, 0.3) is 0 Å². The van der Waals surface area contributed by atoms with Crippen molar-refractivity contribution in [3.8, 4) is 0 Å². The minimum absolute atomic E-state index is 0.171. The fourth-order valence-corrected chi connectivity index (χ4v) is 5.73. The van der Waals surface area contributed by atoms with Gasteiger partial charge >= 0.3 is 0 Å². The number of hydrogen-bond acceptors (Lipinski definition) is 4. The van der Waals surface area contributed by atoms with Crippen molar-refractivity contribution in [2.24, 2.45) is 0 Å². The molecule has 1 saturated heterocycles. The summed E-state index contributed by atoms with van der Waals surface area (Å²) in [5.74, 6) is 0. The second-order valence-corrected chi connectivity index (χ2v) is 9.14. The highest BCUT2D eigenvalue weighted by Gasteiger charge is 2.39. The van der Waals surface area contributed by atoms with E-state index in [1.165, 1.54) is 15.6 Å². The second-order valence-electron chi connectivity index (χ2n) is 4.61. The molecule has 0 spiro atoms. The van der Waals surface area contributed by atoms with E-state index in [9.17, 15) is 13.5 Å². The van der Waals surface area contributed by atoms with Gasteiger partial charge in [0.1, 0.15) is 4.21 Å². The molecular formula is C10H14BrNO3S2. The third kappa shape index (κ3) is 2.58. The Morgan fingerprint density at radius 3 is 2.65 bits per heavy atom. The first-order valence-electron chi connectivity index (χ1n) is 5.21. The Bertz CT molecular complexity index is 516. The molecule has 1 atom stereocenters. The Balaban J connectivity index is 2.32. The molecule has 0 amide bonds. The molecule has 4 nitrogen and oxygen atoms in total. The monoisotopic (exact) mass is 339 g/mol. The summed E-state index contributed by atoms with van der Waals surface area (Å²) in [4.78, 5) is 0. The van der Waals surface area contributed by atoms with Crippen LogP contribution in [0.4, 0.5) is 0 Å². The molecule has 7 heteroatoms. The number of halogens is 1. The minimum Gasteiger partial charge on any atom is -0.389 e. The van der Waals surface area contributed by atoms with Crippen molar-refractivity contribution >= 4 is 37.3 Å². The number of rotatable bonds is 2. The van der Waals surface area contributed by atoms with Gasteiger partial charge in [-0.1, -0.05) is 0 Å². The number of aliphatic hydroxyl groups is 1. The van der Waals surface area contributed by atoms with Gasteiger partial charge in [-0.15, -0.1) is 11.3 Å². The van der Waals surface area contributed by atoms with E-state index in [1.807, 2.05) is 6.92 Å². The quantitative estimate of drug-likeness (QED) is 0.896. The molecule has 1 aliphatic heterocycles. The first-order chi connectivity index (χ1) is 7.72. The molecule has 0 aromatic carbocycles. The lowest BCUT2D eigenvalue weighted by molar-refractivity contribution is 0.0762. The van der Waals surface area contributed by atoms with Crippen LogP contribution in [-0.4, -0.2) is 36.5 Å². The van der Waals surface area contributed by atoms with Crippen LogP contribution in [-0.2, 0) is 10.0 Å². The predicted octanol–water partition coefficient (Wildman–Crippen LogP) is 1.96. The average molecular weight is 340 g/mol. The second kappa shape index (κ2) is 4.31. The molecule has 1 aromatic heterocycles. The van der Waals surface area contributed by atoms with Gasteiger partial charge in [-0.2, -0.15) is 4.31 Å². The zero-order chi connectivity index (χ0) is 12.8. The van der Waals surface area contributed by atoms with Crippen LogP contribution >= 0.6 is 27.3 Å². The summed E-state index contributed by atoms with van der Waals surface area (Å²) in [5, 5.41) is 9.82. The molecule has 0 saturated carbocycles. The summed E-state index contributed by atoms with van der Waals surface area (Å²) >= 11 is 4.54. The Kier molecular flexibility index (Phi) is 3.42. The van der Waals surface area contributed by atoms with E-state index in [0.717, 1.165) is 9.35 Å². The average Bonchev–Trinajstić information content (AvgIpc) is 2.72. The van der Waals surface area contributed by atoms with Crippen molar-refractivity contribution in [2.45, 2.75) is 30.1 Å². The van der Waals surface area contributed by atoms with Crippen molar-refractivity contribution in [3.63, 3.8) is 0 Å². The van der Waals surface area contributed by atoms with Gasteiger partial charge in [0.2, 0.25) is 0 Å². The van der Waals surface area contributed by atoms with Crippen molar-refractivity contribution in [1.82, 2.24) is 4.31 Å². The molecule has 17 heavy (non-hydrogen) atoms. The minimum atomic E-state index is -3.45. The molecule has 1 unspecified atom stereocenters. The van der Waals surface area contributed by atoms with E-state index < -0.39 is 15.6 Å². The maximum Gasteiger partial charge on any atom is 0.252 e. The molecule has 2 heterocycles. The lowest BCUT2D eigenvalue weighted by Gasteiger charge is -2.17. The van der Waals surface area contributed by atoms with Gasteiger partial charge in [0.05, 0.1) is 9.39 Å². The number of aryl methyl sites for hydroxylation is 1. The summed E-state index contributed by atoms with van der Waals surface area (Å²) in [6.07, 6.45) is 0.484. The molecule has 1 N–H and O–H groups in total. The molecule has 1 aromatic rings. The summed E-state index contributed by atoms with van der Waals surface area (Å²) in [5.41, 5.74) is 0.0101. The summed E-state index contributed by atoms with van der Waals surface area (Å²) in [7, 11) is -3.45. The number of thiophene rings is 1. The number of sulfonamides is 1. The molecule has 2 rings (SSSR count). The zero-order valence-electron chi connectivity index (χ0n) is 9.60. The van der Waals surface area contributed by atoms with Crippen LogP contribution in [0.15, 0.2) is 14.1 Å². The number of nitrogens with zero attached hydrogens (tertiary/aromatic N) is 1. The highest BCUT2D eigenvalue weighted by Crippen LogP contribution is 2.34. The summed E-state index contributed by atoms with van der Waals surface area (Å²) < 4.78 is 27.1. The van der Waals surface area contributed by atoms with E-state index in [4.69, 9.17) is 0 Å². The predicted molar refractivity (Wildman–Crippen MR) is 70.8 cm³/mol. The van der Waals surface area contributed by atoms with E-state index in [0.29, 0.717) is 17.2 Å². The largest absolute Gasteiger partial charge is 0.389 e. The van der Waals surface area contributed by atoms with E-state index in [1.54, 1.807) is 13.0 Å². The Morgan fingerprint density at radius 1 is 1.59 bits per heavy atom. The molecule has 1 aliphatic rings. The molecule has 1 fully saturated rings. The van der Waals surface area contributed by atoms with Crippen LogP contribution in [0.2, 0.25) is 0 Å². The first kappa shape index (κ1) is 13.5. The van der Waals surface area contributed by atoms with Gasteiger partial charge in [-0.05, 0) is 47.8 Å². The zero-order valence-corrected chi connectivity index (χ0v) is 12.8. The molecular weight excluding hydrogens is 326 g/mol. The van der Waals surface area contributed by atoms with E-state index >= 15 is 0 Å². The van der Waals surface area contributed by atoms with E-state index in [-0.39, 0.29) is 6.54 Å². The topological polar surface area (TPSA) is 57.6 Å². The van der Waals surface area contributed by atoms with Crippen LogP contribution in [0, 0.1) is 6.92 Å². The fourth-order valence-electron chi connectivity index (χ4n) is 1.79. The Morgan fingerprint density at radius 2 is 2.24 bits per heavy atom. The summed E-state index contributed by atoms with van der Waals surface area (Å²) in [6, 6.07) is 1.66. The first-order valence-corrected chi connectivity index (χ1v) is 8.26. The maximum atomic E-state index is 12.3. The SMILES string of the molecule is Cc1cc(S(=O)(=O)N2CCC(C)(O)C2)sc1Br. The normalized spacial score (nSPS) is 26.6. The highest BCUT2D eigenvalue weighted by atomic mass is 79.9. The van der Waals surface area contributed by atoms with Gasteiger partial charge < -0.3 is 5.11 Å². The van der Waals surface area contributed by atoms with Crippen LogP contribution < -0.4 is 0 Å². The van der Waals surface area contributed by atoms with Gasteiger partial charge in [0.15, 0.2) is 0 Å². The third-order valence-corrected chi connectivity index (χ3v) is 7.28. The van der Waals surface area contributed by atoms with Crippen molar-refractivity contribution in [2.75, 3.05) is 13.1 Å². The molecule has 0 radical (unpaired) electrons. The molecule has 0 aliphatic carbocycles. The Labute approximate surface area is 113 Å². The van der Waals surface area contributed by atoms with Gasteiger partial charge in [-0.3, -0.25) is 0 Å². The Hall–Kier alpha value is 0.0500. The molecule has 96 valence electrons. The smallest absolute Gasteiger partial charge is 0.252 e. The lowest BCUT2D eigenvalue weighted by atomic mass is 10.1. The van der Waals surface area contributed by atoms with Crippen molar-refractivity contribution in [3.05, 3.63) is 15.4 Å². The highest BCUT2D eigenvalue weighted by molar-refractivity contribution is 9.11. The molecule has 0 bridgehead atoms. The summed E-state index contributed by atoms with van der Waals surface area (Å²) in [6.45, 7) is 4.08. The van der Waals surface area contributed by atoms with Gasteiger partial charge in [-0.25, -0.2) is 8.42 Å². The number of β-amino-alcohol motifs (C(OH)–C–C–N with tert-alkyl or cyclic N) is 1. The number of hydrogen-bond donors (Lipinski definition) is 1. The van der Waals surface area contributed by atoms with Crippen LogP contribution in [0.3, 0.4) is 0 Å². The van der Waals surface area contributed by atoms with E-state index in [2.05, 4.69) is 15.9 Å². The van der Waals surface area contributed by atoms with Crippen molar-refractivity contribution < 1.29 is 13.5 Å². The van der Waals surface area contributed by atoms with Crippen molar-refractivity contribution in [1.29, 1.82) is 0 Å². The lowest BCUT2D eigenvalue weighted by Crippen LogP contribution is -2.33. The maximum absolute atomic E-state index is 12.3. The fraction of sp³-hybridized carbons (Fsp3) is 0.600. The van der Waals surface area contributed by atoms with Gasteiger partial charge in [0.25, 0.3) is 10.0 Å². The van der Waals surface area contributed by atoms with Crippen LogP contribution in [0.5, 0.6) is 0 Å². The van der Waals surface area contributed by atoms with Gasteiger partial charge in [0, 0.05) is 13.1 Å². The third-order valence-electron chi connectivity index (χ3n) is 2.85.